The average molecular weight is 227 g/mol. The zero-order valence-corrected chi connectivity index (χ0v) is 8.87. The van der Waals surface area contributed by atoms with Gasteiger partial charge < -0.3 is 5.11 Å². The summed E-state index contributed by atoms with van der Waals surface area (Å²) in [5.41, 5.74) is 0.752. The Hall–Kier alpha value is -1.16. The van der Waals surface area contributed by atoms with Crippen LogP contribution in [0.1, 0.15) is 47.8 Å². The summed E-state index contributed by atoms with van der Waals surface area (Å²) in [7, 11) is 0. The molecule has 1 aliphatic rings. The molecule has 0 atom stereocenters. The number of carboxylic acids is 1. The lowest BCUT2D eigenvalue weighted by atomic mass is 10.0. The molecule has 1 saturated carbocycles. The van der Waals surface area contributed by atoms with E-state index in [9.17, 15) is 4.79 Å². The van der Waals surface area contributed by atoms with Crippen molar-refractivity contribution in [3.05, 3.63) is 22.7 Å². The number of aromatic carboxylic acids is 1. The van der Waals surface area contributed by atoms with Gasteiger partial charge in [-0.15, -0.1) is 0 Å². The minimum Gasteiger partial charge on any atom is -0.477 e. The van der Waals surface area contributed by atoms with Crippen molar-refractivity contribution < 1.29 is 9.90 Å². The van der Waals surface area contributed by atoms with E-state index in [4.69, 9.17) is 16.7 Å². The second-order valence-electron chi connectivity index (χ2n) is 3.73. The van der Waals surface area contributed by atoms with Gasteiger partial charge in [0.05, 0.1) is 0 Å². The second-order valence-corrected chi connectivity index (χ2v) is 4.07. The Morgan fingerprint density at radius 1 is 1.40 bits per heavy atom. The summed E-state index contributed by atoms with van der Waals surface area (Å²) >= 11 is 5.69. The van der Waals surface area contributed by atoms with Crippen LogP contribution in [0, 0.1) is 0 Å². The Morgan fingerprint density at radius 2 is 2.07 bits per heavy atom. The van der Waals surface area contributed by atoms with Crippen molar-refractivity contribution in [2.45, 2.75) is 31.6 Å². The van der Waals surface area contributed by atoms with Crippen molar-refractivity contribution in [2.75, 3.05) is 0 Å². The maximum absolute atomic E-state index is 10.8. The van der Waals surface area contributed by atoms with E-state index in [2.05, 4.69) is 9.97 Å². The van der Waals surface area contributed by atoms with Gasteiger partial charge in [0.25, 0.3) is 0 Å². The lowest BCUT2D eigenvalue weighted by molar-refractivity contribution is 0.0690. The van der Waals surface area contributed by atoms with Gasteiger partial charge in [0.15, 0.2) is 5.69 Å². The summed E-state index contributed by atoms with van der Waals surface area (Å²) in [6, 6.07) is 1.53. The van der Waals surface area contributed by atoms with Crippen LogP contribution in [-0.2, 0) is 0 Å². The summed E-state index contributed by atoms with van der Waals surface area (Å²) < 4.78 is 0. The molecule has 1 aromatic rings. The fourth-order valence-electron chi connectivity index (χ4n) is 1.98. The van der Waals surface area contributed by atoms with Gasteiger partial charge in [0, 0.05) is 11.6 Å². The van der Waals surface area contributed by atoms with Crippen molar-refractivity contribution in [2.24, 2.45) is 0 Å². The highest BCUT2D eigenvalue weighted by molar-refractivity contribution is 6.28. The summed E-state index contributed by atoms with van der Waals surface area (Å²) in [5, 5.41) is 8.85. The van der Waals surface area contributed by atoms with Crippen LogP contribution >= 0.6 is 11.6 Å². The molecule has 1 N–H and O–H groups in total. The van der Waals surface area contributed by atoms with E-state index in [1.54, 1.807) is 0 Å². The Bertz CT molecular complexity index is 389. The van der Waals surface area contributed by atoms with Crippen LogP contribution in [0.5, 0.6) is 0 Å². The van der Waals surface area contributed by atoms with Gasteiger partial charge in [0.1, 0.15) is 0 Å². The normalized spacial score (nSPS) is 16.9. The molecule has 4 nitrogen and oxygen atoms in total. The topological polar surface area (TPSA) is 63.1 Å². The minimum absolute atomic E-state index is 0.0168. The molecule has 0 radical (unpaired) electrons. The van der Waals surface area contributed by atoms with E-state index in [1.165, 1.54) is 18.9 Å². The third-order valence-electron chi connectivity index (χ3n) is 2.71. The minimum atomic E-state index is -1.06. The third-order valence-corrected chi connectivity index (χ3v) is 2.88. The van der Waals surface area contributed by atoms with Gasteiger partial charge in [-0.3, -0.25) is 0 Å². The Kier molecular flexibility index (Phi) is 2.86. The van der Waals surface area contributed by atoms with Crippen LogP contribution in [0.15, 0.2) is 6.07 Å². The Balaban J connectivity index is 2.34. The molecular formula is C10H11ClN2O2. The van der Waals surface area contributed by atoms with E-state index in [-0.39, 0.29) is 11.0 Å². The molecule has 0 aliphatic heterocycles. The standard InChI is InChI=1S/C10H11ClN2O2/c11-10-12-7(6-3-1-2-4-6)5-8(13-10)9(14)15/h5-6H,1-4H2,(H,14,15). The van der Waals surface area contributed by atoms with Gasteiger partial charge >= 0.3 is 5.97 Å². The molecule has 0 unspecified atom stereocenters. The molecule has 1 aromatic heterocycles. The smallest absolute Gasteiger partial charge is 0.354 e. The molecular weight excluding hydrogens is 216 g/mol. The number of rotatable bonds is 2. The maximum atomic E-state index is 10.8. The summed E-state index contributed by atoms with van der Waals surface area (Å²) in [4.78, 5) is 18.5. The van der Waals surface area contributed by atoms with E-state index in [1.807, 2.05) is 0 Å². The van der Waals surface area contributed by atoms with E-state index in [0.29, 0.717) is 5.92 Å². The largest absolute Gasteiger partial charge is 0.477 e. The third kappa shape index (κ3) is 2.26. The van der Waals surface area contributed by atoms with Crippen LogP contribution in [0.3, 0.4) is 0 Å². The molecule has 80 valence electrons. The van der Waals surface area contributed by atoms with Crippen molar-refractivity contribution in [1.82, 2.24) is 9.97 Å². The zero-order valence-electron chi connectivity index (χ0n) is 8.11. The lowest BCUT2D eigenvalue weighted by Crippen LogP contribution is -2.06. The van der Waals surface area contributed by atoms with Crippen LogP contribution < -0.4 is 0 Å². The highest BCUT2D eigenvalue weighted by Crippen LogP contribution is 2.33. The lowest BCUT2D eigenvalue weighted by Gasteiger charge is -2.08. The fourth-order valence-corrected chi connectivity index (χ4v) is 2.16. The number of carboxylic acid groups (broad SMARTS) is 1. The molecule has 1 aliphatic carbocycles. The maximum Gasteiger partial charge on any atom is 0.354 e. The molecule has 0 amide bonds. The Morgan fingerprint density at radius 3 is 2.67 bits per heavy atom. The monoisotopic (exact) mass is 226 g/mol. The van der Waals surface area contributed by atoms with Crippen LogP contribution in [0.25, 0.3) is 0 Å². The van der Waals surface area contributed by atoms with Gasteiger partial charge in [-0.25, -0.2) is 14.8 Å². The summed E-state index contributed by atoms with van der Waals surface area (Å²) in [5.74, 6) is -0.706. The molecule has 0 spiro atoms. The Labute approximate surface area is 92.3 Å². The number of hydrogen-bond acceptors (Lipinski definition) is 3. The number of halogens is 1. The van der Waals surface area contributed by atoms with E-state index < -0.39 is 5.97 Å². The first-order valence-corrected chi connectivity index (χ1v) is 5.32. The molecule has 1 fully saturated rings. The predicted molar refractivity (Wildman–Crippen MR) is 55.2 cm³/mol. The number of carbonyl (C=O) groups is 1. The number of aromatic nitrogens is 2. The highest BCUT2D eigenvalue weighted by atomic mass is 35.5. The second kappa shape index (κ2) is 4.14. The van der Waals surface area contributed by atoms with Crippen LogP contribution in [0.4, 0.5) is 0 Å². The zero-order chi connectivity index (χ0) is 10.8. The molecule has 0 bridgehead atoms. The van der Waals surface area contributed by atoms with E-state index >= 15 is 0 Å². The molecule has 0 aromatic carbocycles. The van der Waals surface area contributed by atoms with Crippen LogP contribution in [0.2, 0.25) is 5.28 Å². The molecule has 5 heteroatoms. The first-order valence-electron chi connectivity index (χ1n) is 4.94. The van der Waals surface area contributed by atoms with Crippen molar-refractivity contribution in [3.63, 3.8) is 0 Å². The molecule has 1 heterocycles. The summed E-state index contributed by atoms with van der Waals surface area (Å²) in [6.07, 6.45) is 4.47. The molecule has 15 heavy (non-hydrogen) atoms. The number of hydrogen-bond donors (Lipinski definition) is 1. The highest BCUT2D eigenvalue weighted by Gasteiger charge is 2.20. The number of nitrogens with zero attached hydrogens (tertiary/aromatic N) is 2. The molecule has 2 rings (SSSR count). The van der Waals surface area contributed by atoms with Gasteiger partial charge in [0.2, 0.25) is 5.28 Å². The quantitative estimate of drug-likeness (QED) is 0.787. The molecule has 0 saturated heterocycles. The van der Waals surface area contributed by atoms with Gasteiger partial charge in [-0.05, 0) is 30.5 Å². The van der Waals surface area contributed by atoms with Crippen molar-refractivity contribution in [3.8, 4) is 0 Å². The van der Waals surface area contributed by atoms with Gasteiger partial charge in [-0.1, -0.05) is 12.8 Å². The summed E-state index contributed by atoms with van der Waals surface area (Å²) in [6.45, 7) is 0. The predicted octanol–water partition coefficient (Wildman–Crippen LogP) is 2.49. The average Bonchev–Trinajstić information content (AvgIpc) is 2.69. The van der Waals surface area contributed by atoms with Crippen LogP contribution in [-0.4, -0.2) is 21.0 Å². The van der Waals surface area contributed by atoms with Crippen molar-refractivity contribution in [1.29, 1.82) is 0 Å². The first kappa shape index (κ1) is 10.4. The fraction of sp³-hybridized carbons (Fsp3) is 0.500. The van der Waals surface area contributed by atoms with Gasteiger partial charge in [-0.2, -0.15) is 0 Å². The SMILES string of the molecule is O=C(O)c1cc(C2CCCC2)nc(Cl)n1. The van der Waals surface area contributed by atoms with E-state index in [0.717, 1.165) is 18.5 Å². The van der Waals surface area contributed by atoms with Crippen molar-refractivity contribution >= 4 is 17.6 Å². The first-order chi connectivity index (χ1) is 7.16.